The maximum absolute atomic E-state index is 11.8. The van der Waals surface area contributed by atoms with E-state index in [4.69, 9.17) is 5.73 Å². The van der Waals surface area contributed by atoms with Gasteiger partial charge in [-0.15, -0.1) is 0 Å². The molecule has 0 bridgehead atoms. The first-order valence-electron chi connectivity index (χ1n) is 5.18. The van der Waals surface area contributed by atoms with Crippen molar-refractivity contribution in [1.82, 2.24) is 9.80 Å². The number of carbonyl (C=O) groups excluding carboxylic acids is 1. The first-order chi connectivity index (χ1) is 6.45. The van der Waals surface area contributed by atoms with E-state index in [0.29, 0.717) is 13.1 Å². The van der Waals surface area contributed by atoms with Crippen LogP contribution in [0.3, 0.4) is 0 Å². The summed E-state index contributed by atoms with van der Waals surface area (Å²) in [6.45, 7) is 9.96. The zero-order valence-corrected chi connectivity index (χ0v) is 9.42. The molecule has 4 nitrogen and oxygen atoms in total. The molecule has 1 aliphatic heterocycles. The standard InChI is InChI=1S/C10H21N3O/c1-10(2,3)13-7-6-12(5-4-11)8-9(13)14/h4-8,11H2,1-3H3. The van der Waals surface area contributed by atoms with Crippen LogP contribution in [-0.4, -0.2) is 54.0 Å². The molecule has 0 saturated carbocycles. The molecule has 0 unspecified atom stereocenters. The Kier molecular flexibility index (Phi) is 3.50. The summed E-state index contributed by atoms with van der Waals surface area (Å²) in [5.74, 6) is 0.220. The topological polar surface area (TPSA) is 49.6 Å². The van der Waals surface area contributed by atoms with E-state index in [0.717, 1.165) is 19.6 Å². The molecule has 0 aliphatic carbocycles. The van der Waals surface area contributed by atoms with Crippen molar-refractivity contribution in [2.75, 3.05) is 32.7 Å². The van der Waals surface area contributed by atoms with Crippen LogP contribution < -0.4 is 5.73 Å². The molecule has 0 atom stereocenters. The molecule has 1 fully saturated rings. The van der Waals surface area contributed by atoms with Crippen molar-refractivity contribution in [2.24, 2.45) is 5.73 Å². The second kappa shape index (κ2) is 4.28. The average Bonchev–Trinajstić information content (AvgIpc) is 2.02. The highest BCUT2D eigenvalue weighted by atomic mass is 16.2. The quantitative estimate of drug-likeness (QED) is 0.675. The third kappa shape index (κ3) is 2.69. The van der Waals surface area contributed by atoms with Gasteiger partial charge in [-0.2, -0.15) is 0 Å². The van der Waals surface area contributed by atoms with E-state index in [-0.39, 0.29) is 11.4 Å². The number of hydrogen-bond acceptors (Lipinski definition) is 3. The van der Waals surface area contributed by atoms with Crippen LogP contribution >= 0.6 is 0 Å². The van der Waals surface area contributed by atoms with Crippen molar-refractivity contribution in [2.45, 2.75) is 26.3 Å². The Morgan fingerprint density at radius 2 is 2.00 bits per heavy atom. The van der Waals surface area contributed by atoms with Gasteiger partial charge in [0.15, 0.2) is 0 Å². The fourth-order valence-corrected chi connectivity index (χ4v) is 1.80. The zero-order valence-electron chi connectivity index (χ0n) is 9.42. The predicted octanol–water partition coefficient (Wildman–Crippen LogP) is -0.112. The Balaban J connectivity index is 2.52. The van der Waals surface area contributed by atoms with E-state index >= 15 is 0 Å². The highest BCUT2D eigenvalue weighted by Crippen LogP contribution is 2.16. The Morgan fingerprint density at radius 3 is 2.43 bits per heavy atom. The largest absolute Gasteiger partial charge is 0.335 e. The smallest absolute Gasteiger partial charge is 0.237 e. The molecule has 0 radical (unpaired) electrons. The molecule has 0 aromatic carbocycles. The predicted molar refractivity (Wildman–Crippen MR) is 57.0 cm³/mol. The number of nitrogens with zero attached hydrogens (tertiary/aromatic N) is 2. The SMILES string of the molecule is CC(C)(C)N1CCN(CCN)CC1=O. The Hall–Kier alpha value is -0.610. The monoisotopic (exact) mass is 199 g/mol. The van der Waals surface area contributed by atoms with Gasteiger partial charge in [-0.1, -0.05) is 0 Å². The van der Waals surface area contributed by atoms with E-state index < -0.39 is 0 Å². The van der Waals surface area contributed by atoms with Gasteiger partial charge in [0.2, 0.25) is 5.91 Å². The summed E-state index contributed by atoms with van der Waals surface area (Å²) in [4.78, 5) is 15.8. The lowest BCUT2D eigenvalue weighted by Gasteiger charge is -2.42. The van der Waals surface area contributed by atoms with Gasteiger partial charge in [-0.25, -0.2) is 0 Å². The van der Waals surface area contributed by atoms with E-state index in [1.165, 1.54) is 0 Å². The second-order valence-electron chi connectivity index (χ2n) is 4.78. The van der Waals surface area contributed by atoms with Crippen molar-refractivity contribution < 1.29 is 4.79 Å². The number of carbonyl (C=O) groups is 1. The van der Waals surface area contributed by atoms with Crippen LogP contribution in [0.15, 0.2) is 0 Å². The van der Waals surface area contributed by atoms with Gasteiger partial charge in [0, 0.05) is 31.7 Å². The van der Waals surface area contributed by atoms with Crippen LogP contribution in [0.1, 0.15) is 20.8 Å². The second-order valence-corrected chi connectivity index (χ2v) is 4.78. The van der Waals surface area contributed by atoms with Gasteiger partial charge >= 0.3 is 0 Å². The summed E-state index contributed by atoms with van der Waals surface area (Å²) >= 11 is 0. The molecule has 1 heterocycles. The van der Waals surface area contributed by atoms with Crippen LogP contribution in [0.2, 0.25) is 0 Å². The highest BCUT2D eigenvalue weighted by molar-refractivity contribution is 5.79. The van der Waals surface area contributed by atoms with Crippen molar-refractivity contribution in [1.29, 1.82) is 0 Å². The van der Waals surface area contributed by atoms with Crippen LogP contribution in [0.4, 0.5) is 0 Å². The number of piperazine rings is 1. The minimum absolute atomic E-state index is 0.0497. The highest BCUT2D eigenvalue weighted by Gasteiger charge is 2.30. The maximum atomic E-state index is 11.8. The molecule has 1 saturated heterocycles. The molecule has 0 spiro atoms. The lowest BCUT2D eigenvalue weighted by molar-refractivity contribution is -0.141. The number of nitrogens with two attached hydrogens (primary N) is 1. The van der Waals surface area contributed by atoms with Gasteiger partial charge in [0.1, 0.15) is 0 Å². The van der Waals surface area contributed by atoms with Crippen LogP contribution in [0.5, 0.6) is 0 Å². The normalized spacial score (nSPS) is 20.3. The van der Waals surface area contributed by atoms with Crippen molar-refractivity contribution in [3.05, 3.63) is 0 Å². The maximum Gasteiger partial charge on any atom is 0.237 e. The molecule has 0 aromatic rings. The molecular formula is C10H21N3O. The van der Waals surface area contributed by atoms with Crippen molar-refractivity contribution in [3.8, 4) is 0 Å². The van der Waals surface area contributed by atoms with Crippen molar-refractivity contribution >= 4 is 5.91 Å². The average molecular weight is 199 g/mol. The van der Waals surface area contributed by atoms with E-state index in [9.17, 15) is 4.79 Å². The fraction of sp³-hybridized carbons (Fsp3) is 0.900. The summed E-state index contributed by atoms with van der Waals surface area (Å²) in [7, 11) is 0. The third-order valence-corrected chi connectivity index (χ3v) is 2.55. The Labute approximate surface area is 86.0 Å². The zero-order chi connectivity index (χ0) is 10.8. The molecular weight excluding hydrogens is 178 g/mol. The van der Waals surface area contributed by atoms with Gasteiger partial charge in [0.25, 0.3) is 0 Å². The third-order valence-electron chi connectivity index (χ3n) is 2.55. The summed E-state index contributed by atoms with van der Waals surface area (Å²) in [6.07, 6.45) is 0. The lowest BCUT2D eigenvalue weighted by Crippen LogP contribution is -2.57. The molecule has 82 valence electrons. The molecule has 1 amide bonds. The summed E-state index contributed by atoms with van der Waals surface area (Å²) in [5, 5.41) is 0. The first kappa shape index (κ1) is 11.5. The van der Waals surface area contributed by atoms with Gasteiger partial charge in [-0.05, 0) is 20.8 Å². The van der Waals surface area contributed by atoms with Gasteiger partial charge in [-0.3, -0.25) is 9.69 Å². The summed E-state index contributed by atoms with van der Waals surface area (Å²) in [6, 6.07) is 0. The number of amides is 1. The Bertz CT molecular complexity index is 210. The molecule has 0 aromatic heterocycles. The molecule has 2 N–H and O–H groups in total. The Morgan fingerprint density at radius 1 is 1.36 bits per heavy atom. The van der Waals surface area contributed by atoms with Crippen LogP contribution in [-0.2, 0) is 4.79 Å². The van der Waals surface area contributed by atoms with Crippen molar-refractivity contribution in [3.63, 3.8) is 0 Å². The summed E-state index contributed by atoms with van der Waals surface area (Å²) < 4.78 is 0. The minimum atomic E-state index is -0.0497. The molecule has 1 rings (SSSR count). The van der Waals surface area contributed by atoms with Gasteiger partial charge < -0.3 is 10.6 Å². The molecule has 1 aliphatic rings. The van der Waals surface area contributed by atoms with Crippen LogP contribution in [0, 0.1) is 0 Å². The fourth-order valence-electron chi connectivity index (χ4n) is 1.80. The summed E-state index contributed by atoms with van der Waals surface area (Å²) in [5.41, 5.74) is 5.41. The van der Waals surface area contributed by atoms with E-state index in [1.807, 2.05) is 4.90 Å². The first-order valence-corrected chi connectivity index (χ1v) is 5.18. The number of hydrogen-bond donors (Lipinski definition) is 1. The lowest BCUT2D eigenvalue weighted by atomic mass is 10.0. The van der Waals surface area contributed by atoms with E-state index in [2.05, 4.69) is 25.7 Å². The van der Waals surface area contributed by atoms with E-state index in [1.54, 1.807) is 0 Å². The van der Waals surface area contributed by atoms with Gasteiger partial charge in [0.05, 0.1) is 6.54 Å². The molecule has 4 heteroatoms. The minimum Gasteiger partial charge on any atom is -0.335 e. The molecule has 14 heavy (non-hydrogen) atoms. The van der Waals surface area contributed by atoms with Crippen LogP contribution in [0.25, 0.3) is 0 Å². The number of rotatable bonds is 2.